The third-order valence-electron chi connectivity index (χ3n) is 2.03. The van der Waals surface area contributed by atoms with Crippen molar-refractivity contribution >= 4 is 11.6 Å². The van der Waals surface area contributed by atoms with E-state index in [2.05, 4.69) is 6.58 Å². The molecule has 1 nitrogen and oxygen atoms in total. The van der Waals surface area contributed by atoms with Crippen molar-refractivity contribution in [3.63, 3.8) is 0 Å². The van der Waals surface area contributed by atoms with Crippen LogP contribution in [0.1, 0.15) is 38.0 Å². The standard InChI is InChI=1S/C11H13ClO.C2H6/c1-3-8-5-6-9(12)7-10(8)11(13)4-2;1-2/h4-7,11,13H,2-3H2,1H3;1-2H3. The lowest BCUT2D eigenvalue weighted by Gasteiger charge is -2.11. The summed E-state index contributed by atoms with van der Waals surface area (Å²) in [5.74, 6) is 0. The van der Waals surface area contributed by atoms with Crippen molar-refractivity contribution in [1.82, 2.24) is 0 Å². The van der Waals surface area contributed by atoms with E-state index in [9.17, 15) is 5.11 Å². The van der Waals surface area contributed by atoms with Gasteiger partial charge < -0.3 is 5.11 Å². The molecule has 1 N–H and O–H groups in total. The van der Waals surface area contributed by atoms with Gasteiger partial charge in [-0.2, -0.15) is 0 Å². The molecule has 0 aliphatic carbocycles. The van der Waals surface area contributed by atoms with E-state index in [1.165, 1.54) is 6.08 Å². The third-order valence-corrected chi connectivity index (χ3v) is 2.27. The topological polar surface area (TPSA) is 20.2 Å². The Morgan fingerprint density at radius 1 is 1.47 bits per heavy atom. The molecule has 2 heteroatoms. The van der Waals surface area contributed by atoms with Crippen molar-refractivity contribution in [3.05, 3.63) is 47.0 Å². The molecule has 0 bridgehead atoms. The van der Waals surface area contributed by atoms with E-state index in [1.54, 1.807) is 6.07 Å². The number of aliphatic hydroxyl groups is 1. The molecule has 0 saturated heterocycles. The van der Waals surface area contributed by atoms with Crippen LogP contribution in [0.3, 0.4) is 0 Å². The lowest BCUT2D eigenvalue weighted by atomic mass is 10.0. The molecule has 15 heavy (non-hydrogen) atoms. The molecule has 1 aromatic rings. The number of rotatable bonds is 3. The van der Waals surface area contributed by atoms with Crippen LogP contribution in [0.2, 0.25) is 5.02 Å². The average Bonchev–Trinajstić information content (AvgIpc) is 2.30. The highest BCUT2D eigenvalue weighted by Crippen LogP contribution is 2.23. The average molecular weight is 227 g/mol. The Balaban J connectivity index is 0.000000921. The minimum Gasteiger partial charge on any atom is -0.384 e. The second-order valence-electron chi connectivity index (χ2n) is 2.88. The lowest BCUT2D eigenvalue weighted by molar-refractivity contribution is 0.228. The summed E-state index contributed by atoms with van der Waals surface area (Å²) in [7, 11) is 0. The molecule has 1 aromatic carbocycles. The normalized spacial score (nSPS) is 11.3. The summed E-state index contributed by atoms with van der Waals surface area (Å²) in [6.45, 7) is 9.59. The van der Waals surface area contributed by atoms with Gasteiger partial charge in [-0.3, -0.25) is 0 Å². The monoisotopic (exact) mass is 226 g/mol. The summed E-state index contributed by atoms with van der Waals surface area (Å²) in [5, 5.41) is 10.2. The van der Waals surface area contributed by atoms with Crippen LogP contribution in [0.15, 0.2) is 30.9 Å². The van der Waals surface area contributed by atoms with Crippen LogP contribution in [0.5, 0.6) is 0 Å². The van der Waals surface area contributed by atoms with E-state index in [0.717, 1.165) is 17.5 Å². The second kappa shape index (κ2) is 7.49. The van der Waals surface area contributed by atoms with E-state index in [-0.39, 0.29) is 0 Å². The first-order valence-electron chi connectivity index (χ1n) is 5.28. The Bertz CT molecular complexity index is 307. The molecule has 1 rings (SSSR count). The van der Waals surface area contributed by atoms with Gasteiger partial charge in [0.1, 0.15) is 0 Å². The lowest BCUT2D eigenvalue weighted by Crippen LogP contribution is -1.98. The summed E-state index contributed by atoms with van der Waals surface area (Å²) in [5.41, 5.74) is 1.96. The first-order valence-corrected chi connectivity index (χ1v) is 5.65. The van der Waals surface area contributed by atoms with Gasteiger partial charge in [-0.15, -0.1) is 6.58 Å². The Morgan fingerprint density at radius 3 is 2.53 bits per heavy atom. The minimum absolute atomic E-state index is 0.617. The van der Waals surface area contributed by atoms with E-state index < -0.39 is 6.10 Å². The summed E-state index contributed by atoms with van der Waals surface area (Å²) in [4.78, 5) is 0. The summed E-state index contributed by atoms with van der Waals surface area (Å²) >= 11 is 5.83. The zero-order valence-electron chi connectivity index (χ0n) is 9.63. The summed E-state index contributed by atoms with van der Waals surface area (Å²) in [6.07, 6.45) is 1.77. The van der Waals surface area contributed by atoms with Crippen LogP contribution in [-0.4, -0.2) is 5.11 Å². The van der Waals surface area contributed by atoms with Gasteiger partial charge in [-0.25, -0.2) is 0 Å². The predicted molar refractivity (Wildman–Crippen MR) is 67.3 cm³/mol. The van der Waals surface area contributed by atoms with Crippen molar-refractivity contribution < 1.29 is 5.11 Å². The van der Waals surface area contributed by atoms with Crippen molar-refractivity contribution in [2.45, 2.75) is 33.3 Å². The van der Waals surface area contributed by atoms with Gasteiger partial charge in [0.2, 0.25) is 0 Å². The first-order chi connectivity index (χ1) is 7.19. The summed E-state index contributed by atoms with van der Waals surface area (Å²) in [6, 6.07) is 5.55. The number of halogens is 1. The largest absolute Gasteiger partial charge is 0.384 e. The van der Waals surface area contributed by atoms with Crippen LogP contribution in [0.4, 0.5) is 0 Å². The van der Waals surface area contributed by atoms with Crippen molar-refractivity contribution in [3.8, 4) is 0 Å². The highest BCUT2D eigenvalue weighted by Gasteiger charge is 2.08. The molecule has 0 saturated carbocycles. The zero-order valence-corrected chi connectivity index (χ0v) is 10.4. The molecule has 0 spiro atoms. The van der Waals surface area contributed by atoms with Crippen LogP contribution < -0.4 is 0 Å². The quantitative estimate of drug-likeness (QED) is 0.768. The highest BCUT2D eigenvalue weighted by molar-refractivity contribution is 6.30. The maximum absolute atomic E-state index is 9.59. The highest BCUT2D eigenvalue weighted by atomic mass is 35.5. The maximum Gasteiger partial charge on any atom is 0.0972 e. The van der Waals surface area contributed by atoms with E-state index in [4.69, 9.17) is 11.6 Å². The Kier molecular flexibility index (Phi) is 7.10. The number of hydrogen-bond acceptors (Lipinski definition) is 1. The number of benzene rings is 1. The van der Waals surface area contributed by atoms with Gasteiger partial charge >= 0.3 is 0 Å². The molecule has 1 atom stereocenters. The fourth-order valence-electron chi connectivity index (χ4n) is 1.29. The van der Waals surface area contributed by atoms with E-state index in [0.29, 0.717) is 5.02 Å². The third kappa shape index (κ3) is 4.06. The minimum atomic E-state index is -0.617. The van der Waals surface area contributed by atoms with Gasteiger partial charge in [0.05, 0.1) is 6.10 Å². The molecule has 0 aliphatic heterocycles. The van der Waals surface area contributed by atoms with E-state index in [1.807, 2.05) is 32.9 Å². The number of hydrogen-bond donors (Lipinski definition) is 1. The fourth-order valence-corrected chi connectivity index (χ4v) is 1.47. The van der Waals surface area contributed by atoms with Crippen LogP contribution in [0, 0.1) is 0 Å². The Morgan fingerprint density at radius 2 is 2.07 bits per heavy atom. The maximum atomic E-state index is 9.59. The molecule has 0 aliphatic rings. The smallest absolute Gasteiger partial charge is 0.0972 e. The SMILES string of the molecule is C=CC(O)c1cc(Cl)ccc1CC.CC. The zero-order chi connectivity index (χ0) is 11.8. The number of aliphatic hydroxyl groups excluding tert-OH is 1. The fraction of sp³-hybridized carbons (Fsp3) is 0.385. The molecular weight excluding hydrogens is 208 g/mol. The number of aryl methyl sites for hydroxylation is 1. The molecule has 0 heterocycles. The molecule has 0 radical (unpaired) electrons. The van der Waals surface area contributed by atoms with Gasteiger partial charge in [-0.1, -0.05) is 44.5 Å². The van der Waals surface area contributed by atoms with Crippen molar-refractivity contribution in [2.75, 3.05) is 0 Å². The Labute approximate surface area is 97.4 Å². The second-order valence-corrected chi connectivity index (χ2v) is 3.31. The molecular formula is C13H19ClO. The predicted octanol–water partition coefficient (Wildman–Crippen LogP) is 4.15. The first kappa shape index (κ1) is 14.2. The Hall–Kier alpha value is -0.790. The van der Waals surface area contributed by atoms with Crippen molar-refractivity contribution in [1.29, 1.82) is 0 Å². The van der Waals surface area contributed by atoms with Crippen LogP contribution in [0.25, 0.3) is 0 Å². The molecule has 0 amide bonds. The molecule has 84 valence electrons. The van der Waals surface area contributed by atoms with Crippen molar-refractivity contribution in [2.24, 2.45) is 0 Å². The van der Waals surface area contributed by atoms with E-state index >= 15 is 0 Å². The molecule has 1 unspecified atom stereocenters. The van der Waals surface area contributed by atoms with Gasteiger partial charge in [0.15, 0.2) is 0 Å². The van der Waals surface area contributed by atoms with Gasteiger partial charge in [0.25, 0.3) is 0 Å². The molecule has 0 aromatic heterocycles. The molecule has 0 fully saturated rings. The summed E-state index contributed by atoms with van der Waals surface area (Å²) < 4.78 is 0. The van der Waals surface area contributed by atoms with Crippen LogP contribution >= 0.6 is 11.6 Å². The van der Waals surface area contributed by atoms with Crippen LogP contribution in [-0.2, 0) is 6.42 Å². The van der Waals surface area contributed by atoms with Gasteiger partial charge in [-0.05, 0) is 29.7 Å². The van der Waals surface area contributed by atoms with Gasteiger partial charge in [0, 0.05) is 5.02 Å².